The number of fused-ring (bicyclic) bond motifs is 1. The Morgan fingerprint density at radius 1 is 1.27 bits per heavy atom. The van der Waals surface area contributed by atoms with Crippen molar-refractivity contribution in [2.45, 2.75) is 49.9 Å². The molecule has 4 rings (SSSR count). The van der Waals surface area contributed by atoms with Crippen LogP contribution < -0.4 is 5.32 Å². The van der Waals surface area contributed by atoms with Gasteiger partial charge in [0.25, 0.3) is 0 Å². The molecule has 1 fully saturated rings. The molecule has 1 amide bonds. The summed E-state index contributed by atoms with van der Waals surface area (Å²) in [6.07, 6.45) is 4.44. The van der Waals surface area contributed by atoms with Crippen LogP contribution in [-0.2, 0) is 17.8 Å². The highest BCUT2D eigenvalue weighted by Crippen LogP contribution is 2.64. The van der Waals surface area contributed by atoms with E-state index in [9.17, 15) is 9.18 Å². The second kappa shape index (κ2) is 6.20. The van der Waals surface area contributed by atoms with Crippen molar-refractivity contribution >= 4 is 34.8 Å². The van der Waals surface area contributed by atoms with E-state index >= 15 is 0 Å². The minimum atomic E-state index is -1.05. The van der Waals surface area contributed by atoms with Crippen LogP contribution in [-0.4, -0.2) is 25.0 Å². The van der Waals surface area contributed by atoms with Gasteiger partial charge < -0.3 is 9.88 Å². The largest absolute Gasteiger partial charge is 0.325 e. The highest BCUT2D eigenvalue weighted by atomic mass is 35.5. The smallest absolute Gasteiger partial charge is 0.233 e. The number of alkyl halides is 2. The van der Waals surface area contributed by atoms with Crippen molar-refractivity contribution in [1.29, 1.82) is 0 Å². The van der Waals surface area contributed by atoms with Crippen molar-refractivity contribution in [2.75, 3.05) is 5.32 Å². The van der Waals surface area contributed by atoms with Gasteiger partial charge in [-0.05, 0) is 44.4 Å². The van der Waals surface area contributed by atoms with Crippen molar-refractivity contribution < 1.29 is 9.18 Å². The predicted molar refractivity (Wildman–Crippen MR) is 98.8 cm³/mol. The lowest BCUT2D eigenvalue weighted by Gasteiger charge is -2.14. The number of amides is 1. The molecule has 2 aromatic rings. The van der Waals surface area contributed by atoms with E-state index in [1.807, 2.05) is 4.57 Å². The molecule has 1 aromatic heterocycles. The molecule has 1 N–H and O–H groups in total. The summed E-state index contributed by atoms with van der Waals surface area (Å²) in [6, 6.07) is 4.44. The maximum Gasteiger partial charge on any atom is 0.233 e. The molecule has 138 valence electrons. The number of hydrogen-bond acceptors (Lipinski definition) is 3. The van der Waals surface area contributed by atoms with Gasteiger partial charge in [0.05, 0.1) is 11.0 Å². The third kappa shape index (κ3) is 2.89. The Morgan fingerprint density at radius 3 is 2.77 bits per heavy atom. The minimum absolute atomic E-state index is 0.278. The predicted octanol–water partition coefficient (Wildman–Crippen LogP) is 4.33. The van der Waals surface area contributed by atoms with Gasteiger partial charge >= 0.3 is 0 Å². The highest BCUT2D eigenvalue weighted by Gasteiger charge is 2.67. The maximum absolute atomic E-state index is 14.5. The zero-order valence-electron chi connectivity index (χ0n) is 14.4. The van der Waals surface area contributed by atoms with Crippen LogP contribution in [0.15, 0.2) is 18.2 Å². The molecule has 2 heterocycles. The zero-order chi connectivity index (χ0) is 18.5. The first-order chi connectivity index (χ1) is 12.3. The number of aryl methyl sites for hydroxylation is 1. The van der Waals surface area contributed by atoms with E-state index in [-0.39, 0.29) is 5.91 Å². The zero-order valence-corrected chi connectivity index (χ0v) is 15.9. The minimum Gasteiger partial charge on any atom is -0.325 e. The number of benzene rings is 1. The number of hydrogen-bond donors (Lipinski definition) is 1. The number of rotatable bonds is 3. The maximum atomic E-state index is 14.5. The van der Waals surface area contributed by atoms with Gasteiger partial charge in [0.15, 0.2) is 5.82 Å². The van der Waals surface area contributed by atoms with Crippen LogP contribution in [0.4, 0.5) is 10.1 Å². The van der Waals surface area contributed by atoms with E-state index in [1.165, 1.54) is 12.1 Å². The molecule has 0 unspecified atom stereocenters. The van der Waals surface area contributed by atoms with Crippen LogP contribution in [0.1, 0.15) is 38.4 Å². The fourth-order valence-electron chi connectivity index (χ4n) is 3.37. The SMILES string of the molecule is C[C@]1(C(=O)Nc2ccc(F)c(-c3nnc4n3CCCCC4)c2)CC1(Cl)Cl. The second-order valence-electron chi connectivity index (χ2n) is 7.26. The lowest BCUT2D eigenvalue weighted by Crippen LogP contribution is -2.26. The van der Waals surface area contributed by atoms with Crippen molar-refractivity contribution in [1.82, 2.24) is 14.8 Å². The van der Waals surface area contributed by atoms with E-state index in [4.69, 9.17) is 23.2 Å². The van der Waals surface area contributed by atoms with Gasteiger partial charge in [-0.1, -0.05) is 6.42 Å². The molecule has 0 spiro atoms. The van der Waals surface area contributed by atoms with E-state index in [2.05, 4.69) is 15.5 Å². The van der Waals surface area contributed by atoms with Crippen molar-refractivity contribution in [3.63, 3.8) is 0 Å². The fraction of sp³-hybridized carbons (Fsp3) is 0.500. The summed E-state index contributed by atoms with van der Waals surface area (Å²) in [6.45, 7) is 2.48. The monoisotopic (exact) mass is 396 g/mol. The second-order valence-corrected chi connectivity index (χ2v) is 8.75. The van der Waals surface area contributed by atoms with Crippen LogP contribution in [0.25, 0.3) is 11.4 Å². The summed E-state index contributed by atoms with van der Waals surface area (Å²) in [5.74, 6) is 0.701. The molecular formula is C18H19Cl2FN4O. The first-order valence-corrected chi connectivity index (χ1v) is 9.49. The van der Waals surface area contributed by atoms with E-state index in [0.29, 0.717) is 23.5 Å². The van der Waals surface area contributed by atoms with Crippen LogP contribution in [0.3, 0.4) is 0 Å². The number of halogens is 3. The third-order valence-electron chi connectivity index (χ3n) is 5.33. The van der Waals surface area contributed by atoms with Gasteiger partial charge in [-0.25, -0.2) is 4.39 Å². The third-order valence-corrected chi connectivity index (χ3v) is 6.44. The molecular weight excluding hydrogens is 378 g/mol. The number of aromatic nitrogens is 3. The van der Waals surface area contributed by atoms with Gasteiger partial charge in [-0.15, -0.1) is 33.4 Å². The summed E-state index contributed by atoms with van der Waals surface area (Å²) < 4.78 is 15.4. The van der Waals surface area contributed by atoms with Crippen LogP contribution in [0.5, 0.6) is 0 Å². The molecule has 0 bridgehead atoms. The molecule has 2 aliphatic rings. The number of carbonyl (C=O) groups is 1. The van der Waals surface area contributed by atoms with E-state index in [1.54, 1.807) is 13.0 Å². The lowest BCUT2D eigenvalue weighted by atomic mass is 10.1. The average Bonchev–Trinajstić information content (AvgIpc) is 3.02. The van der Waals surface area contributed by atoms with Crippen LogP contribution in [0.2, 0.25) is 0 Å². The summed E-state index contributed by atoms with van der Waals surface area (Å²) in [7, 11) is 0. The van der Waals surface area contributed by atoms with Gasteiger partial charge in [0.2, 0.25) is 5.91 Å². The Balaban J connectivity index is 1.64. The number of carbonyl (C=O) groups excluding carboxylic acids is 1. The molecule has 1 aromatic carbocycles. The first-order valence-electron chi connectivity index (χ1n) is 8.73. The topological polar surface area (TPSA) is 59.8 Å². The van der Waals surface area contributed by atoms with Gasteiger partial charge in [-0.3, -0.25) is 4.79 Å². The molecule has 5 nitrogen and oxygen atoms in total. The standard InChI is InChI=1S/C18H19Cl2FN4O/c1-17(10-18(17,19)20)16(26)22-11-6-7-13(21)12(9-11)15-24-23-14-5-3-2-4-8-25(14)15/h6-7,9H,2-5,8,10H2,1H3,(H,22,26)/t17-/m1/s1. The molecule has 1 aliphatic heterocycles. The van der Waals surface area contributed by atoms with Crippen molar-refractivity contribution in [3.05, 3.63) is 29.8 Å². The Bertz CT molecular complexity index is 882. The number of anilines is 1. The van der Waals surface area contributed by atoms with Gasteiger partial charge in [0, 0.05) is 18.7 Å². The Labute approximate surface area is 160 Å². The summed E-state index contributed by atoms with van der Waals surface area (Å²) >= 11 is 12.1. The molecule has 26 heavy (non-hydrogen) atoms. The molecule has 0 saturated heterocycles. The Morgan fingerprint density at radius 2 is 2.04 bits per heavy atom. The summed E-state index contributed by atoms with van der Waals surface area (Å²) in [5.41, 5.74) is -0.0293. The Hall–Kier alpha value is -1.66. The van der Waals surface area contributed by atoms with E-state index in [0.717, 1.165) is 38.1 Å². The number of nitrogens with one attached hydrogen (secondary N) is 1. The van der Waals surface area contributed by atoms with Gasteiger partial charge in [-0.2, -0.15) is 0 Å². The van der Waals surface area contributed by atoms with Crippen LogP contribution >= 0.6 is 23.2 Å². The Kier molecular flexibility index (Phi) is 4.23. The van der Waals surface area contributed by atoms with Crippen molar-refractivity contribution in [2.24, 2.45) is 5.41 Å². The molecule has 8 heteroatoms. The summed E-state index contributed by atoms with van der Waals surface area (Å²) in [4.78, 5) is 12.5. The lowest BCUT2D eigenvalue weighted by molar-refractivity contribution is -0.120. The normalized spacial score (nSPS) is 23.8. The van der Waals surface area contributed by atoms with E-state index < -0.39 is 15.6 Å². The summed E-state index contributed by atoms with van der Waals surface area (Å²) in [5, 5.41) is 11.2. The quantitative estimate of drug-likeness (QED) is 0.785. The molecule has 0 radical (unpaired) electrons. The average molecular weight is 397 g/mol. The first kappa shape index (κ1) is 17.7. The molecule has 1 aliphatic carbocycles. The molecule has 1 saturated carbocycles. The fourth-order valence-corrected chi connectivity index (χ4v) is 4.08. The van der Waals surface area contributed by atoms with Crippen molar-refractivity contribution in [3.8, 4) is 11.4 Å². The van der Waals surface area contributed by atoms with Crippen LogP contribution in [0, 0.1) is 11.2 Å². The number of nitrogens with zero attached hydrogens (tertiary/aromatic N) is 3. The molecule has 1 atom stereocenters. The highest BCUT2D eigenvalue weighted by molar-refractivity contribution is 6.53. The van der Waals surface area contributed by atoms with Gasteiger partial charge in [0.1, 0.15) is 16.0 Å².